The Labute approximate surface area is 92.7 Å². The Morgan fingerprint density at radius 3 is 2.47 bits per heavy atom. The summed E-state index contributed by atoms with van der Waals surface area (Å²) in [4.78, 5) is 12.8. The van der Waals surface area contributed by atoms with Crippen LogP contribution in [0.4, 0.5) is 0 Å². The van der Waals surface area contributed by atoms with E-state index < -0.39 is 0 Å². The standard InChI is InChI=1S/C11H24N2O2/c1-9(8-10(2)14)12-7-5-6-11(15)13(3)4/h9-10,12,14H,5-8H2,1-4H3. The molecule has 4 nitrogen and oxygen atoms in total. The van der Waals surface area contributed by atoms with Crippen molar-refractivity contribution in [1.82, 2.24) is 10.2 Å². The van der Waals surface area contributed by atoms with Crippen molar-refractivity contribution in [2.24, 2.45) is 0 Å². The molecule has 0 saturated heterocycles. The van der Waals surface area contributed by atoms with Gasteiger partial charge in [0.15, 0.2) is 0 Å². The maximum Gasteiger partial charge on any atom is 0.222 e. The van der Waals surface area contributed by atoms with Gasteiger partial charge in [-0.1, -0.05) is 0 Å². The Bertz CT molecular complexity index is 181. The maximum atomic E-state index is 11.2. The summed E-state index contributed by atoms with van der Waals surface area (Å²) >= 11 is 0. The molecule has 0 saturated carbocycles. The molecule has 90 valence electrons. The van der Waals surface area contributed by atoms with Crippen LogP contribution in [0.2, 0.25) is 0 Å². The van der Waals surface area contributed by atoms with Gasteiger partial charge in [-0.2, -0.15) is 0 Å². The third-order valence-electron chi connectivity index (χ3n) is 2.25. The molecule has 2 atom stereocenters. The molecule has 0 aromatic carbocycles. The molecule has 0 aliphatic carbocycles. The van der Waals surface area contributed by atoms with Gasteiger partial charge >= 0.3 is 0 Å². The lowest BCUT2D eigenvalue weighted by Gasteiger charge is -2.15. The molecule has 0 heterocycles. The molecule has 0 bridgehead atoms. The minimum atomic E-state index is -0.268. The number of rotatable bonds is 7. The average molecular weight is 216 g/mol. The minimum absolute atomic E-state index is 0.167. The Balaban J connectivity index is 3.42. The SMILES string of the molecule is CC(O)CC(C)NCCCC(=O)N(C)C. The Kier molecular flexibility index (Phi) is 7.34. The summed E-state index contributed by atoms with van der Waals surface area (Å²) < 4.78 is 0. The summed E-state index contributed by atoms with van der Waals surface area (Å²) in [6, 6.07) is 0.305. The normalized spacial score (nSPS) is 14.7. The first-order valence-corrected chi connectivity index (χ1v) is 5.55. The Morgan fingerprint density at radius 2 is 2.00 bits per heavy atom. The molecule has 4 heteroatoms. The number of nitrogens with one attached hydrogen (secondary N) is 1. The number of amides is 1. The van der Waals surface area contributed by atoms with Crippen LogP contribution in [-0.4, -0.2) is 48.7 Å². The van der Waals surface area contributed by atoms with E-state index in [1.54, 1.807) is 25.9 Å². The first-order chi connectivity index (χ1) is 6.93. The fourth-order valence-electron chi connectivity index (χ4n) is 1.41. The van der Waals surface area contributed by atoms with Crippen molar-refractivity contribution in [2.75, 3.05) is 20.6 Å². The minimum Gasteiger partial charge on any atom is -0.393 e. The van der Waals surface area contributed by atoms with Gasteiger partial charge in [0.1, 0.15) is 0 Å². The van der Waals surface area contributed by atoms with E-state index in [1.807, 2.05) is 6.92 Å². The fourth-order valence-corrected chi connectivity index (χ4v) is 1.41. The van der Waals surface area contributed by atoms with Gasteiger partial charge in [-0.15, -0.1) is 0 Å². The average Bonchev–Trinajstić information content (AvgIpc) is 2.10. The zero-order valence-electron chi connectivity index (χ0n) is 10.3. The van der Waals surface area contributed by atoms with Crippen LogP contribution < -0.4 is 5.32 Å². The molecule has 0 radical (unpaired) electrons. The highest BCUT2D eigenvalue weighted by atomic mass is 16.3. The molecule has 0 rings (SSSR count). The number of hydrogen-bond acceptors (Lipinski definition) is 3. The molecular formula is C11H24N2O2. The van der Waals surface area contributed by atoms with E-state index >= 15 is 0 Å². The van der Waals surface area contributed by atoms with Gasteiger partial charge < -0.3 is 15.3 Å². The van der Waals surface area contributed by atoms with Gasteiger partial charge in [0.05, 0.1) is 6.10 Å². The van der Waals surface area contributed by atoms with Crippen LogP contribution in [0.3, 0.4) is 0 Å². The highest BCUT2D eigenvalue weighted by Crippen LogP contribution is 1.98. The fraction of sp³-hybridized carbons (Fsp3) is 0.909. The topological polar surface area (TPSA) is 52.6 Å². The number of hydrogen-bond donors (Lipinski definition) is 2. The zero-order valence-corrected chi connectivity index (χ0v) is 10.3. The number of carbonyl (C=O) groups excluding carboxylic acids is 1. The van der Waals surface area contributed by atoms with E-state index in [2.05, 4.69) is 5.32 Å². The second kappa shape index (κ2) is 7.65. The van der Waals surface area contributed by atoms with Crippen molar-refractivity contribution >= 4 is 5.91 Å². The quantitative estimate of drug-likeness (QED) is 0.613. The number of nitrogens with zero attached hydrogens (tertiary/aromatic N) is 1. The second-order valence-corrected chi connectivity index (χ2v) is 4.33. The van der Waals surface area contributed by atoms with Crippen LogP contribution in [-0.2, 0) is 4.79 Å². The van der Waals surface area contributed by atoms with Crippen molar-refractivity contribution in [2.45, 2.75) is 45.3 Å². The number of carbonyl (C=O) groups is 1. The Morgan fingerprint density at radius 1 is 1.40 bits per heavy atom. The van der Waals surface area contributed by atoms with Crippen LogP contribution in [0.25, 0.3) is 0 Å². The summed E-state index contributed by atoms with van der Waals surface area (Å²) in [6.45, 7) is 4.65. The summed E-state index contributed by atoms with van der Waals surface area (Å²) in [7, 11) is 3.54. The summed E-state index contributed by atoms with van der Waals surface area (Å²) in [5.41, 5.74) is 0. The van der Waals surface area contributed by atoms with Gasteiger partial charge in [0.25, 0.3) is 0 Å². The lowest BCUT2D eigenvalue weighted by atomic mass is 10.1. The van der Waals surface area contributed by atoms with Gasteiger partial charge in [0.2, 0.25) is 5.91 Å². The molecule has 0 aromatic heterocycles. The molecule has 0 fully saturated rings. The third-order valence-corrected chi connectivity index (χ3v) is 2.25. The smallest absolute Gasteiger partial charge is 0.222 e. The lowest BCUT2D eigenvalue weighted by molar-refractivity contribution is -0.128. The summed E-state index contributed by atoms with van der Waals surface area (Å²) in [5.74, 6) is 0.167. The molecule has 15 heavy (non-hydrogen) atoms. The van der Waals surface area contributed by atoms with E-state index in [1.165, 1.54) is 0 Å². The highest BCUT2D eigenvalue weighted by molar-refractivity contribution is 5.75. The lowest BCUT2D eigenvalue weighted by Crippen LogP contribution is -2.31. The predicted molar refractivity (Wildman–Crippen MR) is 61.7 cm³/mol. The maximum absolute atomic E-state index is 11.2. The van der Waals surface area contributed by atoms with E-state index in [9.17, 15) is 4.79 Å². The summed E-state index contributed by atoms with van der Waals surface area (Å²) in [5, 5.41) is 12.4. The van der Waals surface area contributed by atoms with Crippen molar-refractivity contribution in [3.63, 3.8) is 0 Å². The summed E-state index contributed by atoms with van der Waals surface area (Å²) in [6.07, 6.45) is 1.92. The molecule has 2 unspecified atom stereocenters. The van der Waals surface area contributed by atoms with Gasteiger partial charge in [0, 0.05) is 26.6 Å². The van der Waals surface area contributed by atoms with Crippen LogP contribution in [0, 0.1) is 0 Å². The first kappa shape index (κ1) is 14.4. The Hall–Kier alpha value is -0.610. The van der Waals surface area contributed by atoms with Crippen molar-refractivity contribution in [3.05, 3.63) is 0 Å². The van der Waals surface area contributed by atoms with Crippen LogP contribution in [0.5, 0.6) is 0 Å². The van der Waals surface area contributed by atoms with Crippen LogP contribution in [0.15, 0.2) is 0 Å². The van der Waals surface area contributed by atoms with Gasteiger partial charge in [-0.25, -0.2) is 0 Å². The number of aliphatic hydroxyl groups is 1. The van der Waals surface area contributed by atoms with E-state index in [4.69, 9.17) is 5.11 Å². The molecule has 1 amide bonds. The van der Waals surface area contributed by atoms with Gasteiger partial charge in [-0.05, 0) is 33.2 Å². The van der Waals surface area contributed by atoms with Crippen molar-refractivity contribution in [1.29, 1.82) is 0 Å². The highest BCUT2D eigenvalue weighted by Gasteiger charge is 2.06. The largest absolute Gasteiger partial charge is 0.393 e. The molecule has 0 aliphatic rings. The molecular weight excluding hydrogens is 192 g/mol. The van der Waals surface area contributed by atoms with Crippen molar-refractivity contribution < 1.29 is 9.90 Å². The van der Waals surface area contributed by atoms with E-state index in [0.717, 1.165) is 19.4 Å². The van der Waals surface area contributed by atoms with E-state index in [-0.39, 0.29) is 12.0 Å². The predicted octanol–water partition coefficient (Wildman–Crippen LogP) is 0.604. The molecule has 2 N–H and O–H groups in total. The van der Waals surface area contributed by atoms with E-state index in [0.29, 0.717) is 12.5 Å². The van der Waals surface area contributed by atoms with Crippen LogP contribution in [0.1, 0.15) is 33.1 Å². The molecule has 0 aromatic rings. The number of aliphatic hydroxyl groups excluding tert-OH is 1. The third kappa shape index (κ3) is 8.39. The van der Waals surface area contributed by atoms with Gasteiger partial charge in [-0.3, -0.25) is 4.79 Å². The van der Waals surface area contributed by atoms with Crippen LogP contribution >= 0.6 is 0 Å². The molecule has 0 spiro atoms. The second-order valence-electron chi connectivity index (χ2n) is 4.33. The monoisotopic (exact) mass is 216 g/mol. The zero-order chi connectivity index (χ0) is 11.8. The molecule has 0 aliphatic heterocycles. The van der Waals surface area contributed by atoms with Crippen molar-refractivity contribution in [3.8, 4) is 0 Å². The first-order valence-electron chi connectivity index (χ1n) is 5.55.